The first-order chi connectivity index (χ1) is 13.0. The summed E-state index contributed by atoms with van der Waals surface area (Å²) in [6, 6.07) is 6.72. The van der Waals surface area contributed by atoms with E-state index in [0.29, 0.717) is 39.7 Å². The Bertz CT molecular complexity index is 1110. The molecule has 2 aromatic heterocycles. The van der Waals surface area contributed by atoms with Crippen molar-refractivity contribution in [2.75, 3.05) is 20.3 Å². The van der Waals surface area contributed by atoms with Crippen molar-refractivity contribution in [3.63, 3.8) is 0 Å². The number of ether oxygens (including phenoxy) is 3. The highest BCUT2D eigenvalue weighted by Crippen LogP contribution is 2.35. The molecule has 3 heterocycles. The molecule has 0 aliphatic carbocycles. The summed E-state index contributed by atoms with van der Waals surface area (Å²) in [5.41, 5.74) is 0.696. The van der Waals surface area contributed by atoms with E-state index < -0.39 is 11.9 Å². The number of halogens is 1. The minimum absolute atomic E-state index is 0.0925. The Morgan fingerprint density at radius 2 is 2.00 bits per heavy atom. The lowest BCUT2D eigenvalue weighted by atomic mass is 10.2. The Balaban J connectivity index is 1.87. The summed E-state index contributed by atoms with van der Waals surface area (Å²) < 4.78 is 24.1. The van der Waals surface area contributed by atoms with Gasteiger partial charge in [-0.15, -0.1) is 0 Å². The number of carbonyl (C=O) groups is 2. The number of thiazole rings is 1. The Morgan fingerprint density at radius 1 is 1.26 bits per heavy atom. The van der Waals surface area contributed by atoms with E-state index in [4.69, 9.17) is 18.6 Å². The molecule has 0 saturated carbocycles. The number of fused-ring (bicyclic) bond motifs is 2. The van der Waals surface area contributed by atoms with Crippen LogP contribution in [0.25, 0.3) is 10.2 Å². The van der Waals surface area contributed by atoms with E-state index in [1.165, 1.54) is 24.5 Å². The van der Waals surface area contributed by atoms with E-state index in [-0.39, 0.29) is 12.3 Å². The average Bonchev–Trinajstić information content (AvgIpc) is 3.24. The average molecular weight is 453 g/mol. The summed E-state index contributed by atoms with van der Waals surface area (Å²) in [4.78, 5) is 28.8. The van der Waals surface area contributed by atoms with Gasteiger partial charge in [0.05, 0.1) is 17.3 Å². The Morgan fingerprint density at radius 3 is 2.67 bits per heavy atom. The van der Waals surface area contributed by atoms with Gasteiger partial charge >= 0.3 is 11.9 Å². The van der Waals surface area contributed by atoms with Crippen LogP contribution in [0, 0.1) is 0 Å². The summed E-state index contributed by atoms with van der Waals surface area (Å²) in [5, 5.41) is 0. The SMILES string of the molecule is COC(=O)Cn1c(=NC(=O)c2ccc(Br)o2)sc2cc3c(cc21)OCCO3. The van der Waals surface area contributed by atoms with Gasteiger partial charge in [0.2, 0.25) is 0 Å². The number of rotatable bonds is 3. The molecule has 0 saturated heterocycles. The van der Waals surface area contributed by atoms with Gasteiger partial charge in [-0.05, 0) is 28.1 Å². The van der Waals surface area contributed by atoms with Gasteiger partial charge in [0, 0.05) is 12.1 Å². The first-order valence-electron chi connectivity index (χ1n) is 7.89. The highest BCUT2D eigenvalue weighted by Gasteiger charge is 2.19. The first-order valence-corrected chi connectivity index (χ1v) is 9.50. The van der Waals surface area contributed by atoms with E-state index in [0.717, 1.165) is 4.70 Å². The molecule has 4 rings (SSSR count). The van der Waals surface area contributed by atoms with Gasteiger partial charge < -0.3 is 23.2 Å². The highest BCUT2D eigenvalue weighted by molar-refractivity contribution is 9.10. The Hall–Kier alpha value is -2.59. The zero-order valence-electron chi connectivity index (χ0n) is 14.1. The standard InChI is InChI=1S/C17H13BrN2O6S/c1-23-15(21)8-20-9-6-11-12(25-5-4-24-11)7-13(9)27-17(20)19-16(22)10-2-3-14(18)26-10/h2-3,6-7H,4-5,8H2,1H3. The molecule has 0 atom stereocenters. The van der Waals surface area contributed by atoms with Crippen LogP contribution in [0.3, 0.4) is 0 Å². The van der Waals surface area contributed by atoms with Gasteiger partial charge in [-0.25, -0.2) is 0 Å². The molecule has 1 aromatic carbocycles. The van der Waals surface area contributed by atoms with Crippen LogP contribution < -0.4 is 14.3 Å². The minimum Gasteiger partial charge on any atom is -0.486 e. The van der Waals surface area contributed by atoms with E-state index in [1.54, 1.807) is 16.7 Å². The fraction of sp³-hybridized carbons (Fsp3) is 0.235. The Kier molecular flexibility index (Phi) is 4.75. The highest BCUT2D eigenvalue weighted by atomic mass is 79.9. The summed E-state index contributed by atoms with van der Waals surface area (Å²) in [7, 11) is 1.30. The smallest absolute Gasteiger partial charge is 0.325 e. The third-order valence-electron chi connectivity index (χ3n) is 3.84. The van der Waals surface area contributed by atoms with Gasteiger partial charge in [0.1, 0.15) is 19.8 Å². The molecule has 0 N–H and O–H groups in total. The van der Waals surface area contributed by atoms with Crippen LogP contribution in [0.5, 0.6) is 11.5 Å². The predicted octanol–water partition coefficient (Wildman–Crippen LogP) is 2.74. The lowest BCUT2D eigenvalue weighted by Gasteiger charge is -2.18. The lowest BCUT2D eigenvalue weighted by molar-refractivity contribution is -0.141. The number of aromatic nitrogens is 1. The van der Waals surface area contributed by atoms with Gasteiger partial charge in [-0.3, -0.25) is 9.59 Å². The maximum absolute atomic E-state index is 12.4. The molecule has 27 heavy (non-hydrogen) atoms. The molecule has 3 aromatic rings. The molecule has 1 aliphatic rings. The molecule has 1 aliphatic heterocycles. The second-order valence-electron chi connectivity index (χ2n) is 5.53. The van der Waals surface area contributed by atoms with Crippen molar-refractivity contribution in [1.29, 1.82) is 0 Å². The predicted molar refractivity (Wildman–Crippen MR) is 99.1 cm³/mol. The van der Waals surface area contributed by atoms with E-state index in [1.807, 2.05) is 6.07 Å². The molecule has 8 nitrogen and oxygen atoms in total. The molecule has 0 fully saturated rings. The fourth-order valence-electron chi connectivity index (χ4n) is 2.61. The molecule has 140 valence electrons. The number of furan rings is 1. The van der Waals surface area contributed by atoms with E-state index >= 15 is 0 Å². The van der Waals surface area contributed by atoms with Crippen LogP contribution in [0.2, 0.25) is 0 Å². The normalized spacial score (nSPS) is 13.8. The second kappa shape index (κ2) is 7.20. The monoisotopic (exact) mass is 452 g/mol. The summed E-state index contributed by atoms with van der Waals surface area (Å²) in [5.74, 6) is 0.281. The molecule has 10 heteroatoms. The molecular formula is C17H13BrN2O6S. The molecular weight excluding hydrogens is 440 g/mol. The van der Waals surface area contributed by atoms with Gasteiger partial charge in [0.15, 0.2) is 26.7 Å². The quantitative estimate of drug-likeness (QED) is 0.567. The first kappa shape index (κ1) is 17.8. The summed E-state index contributed by atoms with van der Waals surface area (Å²) in [6.07, 6.45) is 0. The van der Waals surface area contributed by atoms with E-state index in [9.17, 15) is 9.59 Å². The lowest BCUT2D eigenvalue weighted by Crippen LogP contribution is -2.22. The number of carbonyl (C=O) groups excluding carboxylic acids is 2. The van der Waals surface area contributed by atoms with Crippen LogP contribution in [0.1, 0.15) is 10.6 Å². The van der Waals surface area contributed by atoms with Crippen molar-refractivity contribution in [3.05, 3.63) is 39.5 Å². The number of nitrogens with zero attached hydrogens (tertiary/aromatic N) is 2. The van der Waals surface area contributed by atoms with Crippen molar-refractivity contribution < 1.29 is 28.2 Å². The van der Waals surface area contributed by atoms with E-state index in [2.05, 4.69) is 20.9 Å². The molecule has 0 spiro atoms. The largest absolute Gasteiger partial charge is 0.486 e. The molecule has 1 amide bonds. The molecule has 0 unspecified atom stereocenters. The van der Waals surface area contributed by atoms with Gasteiger partial charge in [-0.2, -0.15) is 4.99 Å². The van der Waals surface area contributed by atoms with Crippen molar-refractivity contribution in [1.82, 2.24) is 4.57 Å². The topological polar surface area (TPSA) is 92.3 Å². The van der Waals surface area contributed by atoms with Crippen LogP contribution >= 0.6 is 27.3 Å². The number of amides is 1. The van der Waals surface area contributed by atoms with Crippen LogP contribution in [-0.2, 0) is 16.1 Å². The molecule has 0 bridgehead atoms. The van der Waals surface area contributed by atoms with Crippen molar-refractivity contribution in [2.24, 2.45) is 4.99 Å². The van der Waals surface area contributed by atoms with Crippen molar-refractivity contribution in [2.45, 2.75) is 6.54 Å². The maximum atomic E-state index is 12.4. The fourth-order valence-corrected chi connectivity index (χ4v) is 3.95. The van der Waals surface area contributed by atoms with Crippen LogP contribution in [0.15, 0.2) is 38.3 Å². The van der Waals surface area contributed by atoms with Crippen molar-refractivity contribution >= 4 is 49.4 Å². The number of esters is 1. The second-order valence-corrected chi connectivity index (χ2v) is 7.32. The zero-order chi connectivity index (χ0) is 19.0. The zero-order valence-corrected chi connectivity index (χ0v) is 16.5. The summed E-state index contributed by atoms with van der Waals surface area (Å²) >= 11 is 4.41. The molecule has 0 radical (unpaired) electrons. The maximum Gasteiger partial charge on any atom is 0.325 e. The minimum atomic E-state index is -0.553. The van der Waals surface area contributed by atoms with Gasteiger partial charge in [-0.1, -0.05) is 11.3 Å². The van der Waals surface area contributed by atoms with Crippen LogP contribution in [-0.4, -0.2) is 36.8 Å². The summed E-state index contributed by atoms with van der Waals surface area (Å²) in [6.45, 7) is 0.821. The number of hydrogen-bond donors (Lipinski definition) is 0. The third kappa shape index (κ3) is 3.50. The number of methoxy groups -OCH3 is 1. The van der Waals surface area contributed by atoms with Crippen molar-refractivity contribution in [3.8, 4) is 11.5 Å². The third-order valence-corrected chi connectivity index (χ3v) is 5.31. The number of benzene rings is 1. The van der Waals surface area contributed by atoms with Gasteiger partial charge in [0.25, 0.3) is 0 Å². The Labute approximate surface area is 165 Å². The van der Waals surface area contributed by atoms with Crippen LogP contribution in [0.4, 0.5) is 0 Å². The number of hydrogen-bond acceptors (Lipinski definition) is 7.